The number of nitrogens with two attached hydrogens (primary N) is 1. The molecule has 0 atom stereocenters. The van der Waals surface area contributed by atoms with Crippen molar-refractivity contribution < 1.29 is 33.1 Å². The zero-order valence-corrected chi connectivity index (χ0v) is 25.8. The van der Waals surface area contributed by atoms with Gasteiger partial charge >= 0.3 is 0 Å². The predicted octanol–water partition coefficient (Wildman–Crippen LogP) is 0.624. The first-order valence-electron chi connectivity index (χ1n) is 14.4. The number of hydrogen-bond acceptors (Lipinski definition) is 8. The van der Waals surface area contributed by atoms with Crippen molar-refractivity contribution in [1.82, 2.24) is 24.9 Å². The molecule has 5 amide bonds. The smallest absolute Gasteiger partial charge is 0.242 e. The SMILES string of the molecule is C=CCCNCC(=O)N(CC(=O)N(CC(=O)N(CCOC)CC(=O)N(CCC=C)CC(N)=O)CC(C)C)Cc1ccco1. The molecule has 0 spiro atoms. The summed E-state index contributed by atoms with van der Waals surface area (Å²) in [5.41, 5.74) is 5.32. The summed E-state index contributed by atoms with van der Waals surface area (Å²) in [5.74, 6) is -1.81. The van der Waals surface area contributed by atoms with Crippen LogP contribution in [0.4, 0.5) is 0 Å². The Kier molecular flexibility index (Phi) is 18.0. The lowest BCUT2D eigenvalue weighted by molar-refractivity contribution is -0.147. The van der Waals surface area contributed by atoms with Gasteiger partial charge in [-0.2, -0.15) is 0 Å². The molecular weight excluding hydrogens is 556 g/mol. The highest BCUT2D eigenvalue weighted by Gasteiger charge is 2.28. The maximum atomic E-state index is 13.6. The summed E-state index contributed by atoms with van der Waals surface area (Å²) in [7, 11) is 1.47. The number of rotatable bonds is 23. The average Bonchev–Trinajstić information content (AvgIpc) is 3.47. The predicted molar refractivity (Wildman–Crippen MR) is 162 cm³/mol. The second-order valence-corrected chi connectivity index (χ2v) is 10.4. The van der Waals surface area contributed by atoms with Gasteiger partial charge in [0.05, 0.1) is 45.6 Å². The summed E-state index contributed by atoms with van der Waals surface area (Å²) in [6.07, 6.45) is 5.97. The highest BCUT2D eigenvalue weighted by molar-refractivity contribution is 5.91. The molecule has 0 aliphatic rings. The summed E-state index contributed by atoms with van der Waals surface area (Å²) in [6, 6.07) is 3.41. The summed E-state index contributed by atoms with van der Waals surface area (Å²) in [4.78, 5) is 70.1. The first-order valence-corrected chi connectivity index (χ1v) is 14.4. The van der Waals surface area contributed by atoms with Crippen LogP contribution in [0.2, 0.25) is 0 Å². The molecule has 0 aliphatic carbocycles. The summed E-state index contributed by atoms with van der Waals surface area (Å²) in [6.45, 7) is 11.3. The Morgan fingerprint density at radius 2 is 1.51 bits per heavy atom. The number of amides is 5. The molecule has 1 rings (SSSR count). The fraction of sp³-hybridized carbons (Fsp3) is 0.567. The molecule has 0 aromatic carbocycles. The van der Waals surface area contributed by atoms with Crippen molar-refractivity contribution in [3.63, 3.8) is 0 Å². The van der Waals surface area contributed by atoms with Crippen LogP contribution in [0.15, 0.2) is 48.1 Å². The summed E-state index contributed by atoms with van der Waals surface area (Å²) < 4.78 is 10.5. The molecule has 0 fully saturated rings. The van der Waals surface area contributed by atoms with Crippen molar-refractivity contribution in [2.24, 2.45) is 11.7 Å². The molecule has 0 saturated carbocycles. The van der Waals surface area contributed by atoms with Gasteiger partial charge in [0, 0.05) is 26.7 Å². The van der Waals surface area contributed by atoms with E-state index in [4.69, 9.17) is 14.9 Å². The molecule has 1 heterocycles. The van der Waals surface area contributed by atoms with Gasteiger partial charge in [0.25, 0.3) is 0 Å². The summed E-state index contributed by atoms with van der Waals surface area (Å²) >= 11 is 0. The van der Waals surface area contributed by atoms with Gasteiger partial charge in [-0.25, -0.2) is 0 Å². The number of hydrogen-bond donors (Lipinski definition) is 2. The Morgan fingerprint density at radius 3 is 2.07 bits per heavy atom. The van der Waals surface area contributed by atoms with Gasteiger partial charge < -0.3 is 39.8 Å². The zero-order chi connectivity index (χ0) is 32.2. The molecule has 0 unspecified atom stereocenters. The molecule has 43 heavy (non-hydrogen) atoms. The van der Waals surface area contributed by atoms with Crippen LogP contribution in [0.1, 0.15) is 32.4 Å². The fourth-order valence-corrected chi connectivity index (χ4v) is 4.04. The van der Waals surface area contributed by atoms with E-state index < -0.39 is 23.6 Å². The summed E-state index contributed by atoms with van der Waals surface area (Å²) in [5, 5.41) is 3.04. The van der Waals surface area contributed by atoms with Gasteiger partial charge in [-0.3, -0.25) is 24.0 Å². The minimum absolute atomic E-state index is 0.0190. The van der Waals surface area contributed by atoms with Crippen molar-refractivity contribution in [3.05, 3.63) is 49.5 Å². The first-order chi connectivity index (χ1) is 20.5. The minimum Gasteiger partial charge on any atom is -0.467 e. The van der Waals surface area contributed by atoms with Crippen molar-refractivity contribution in [2.45, 2.75) is 33.2 Å². The maximum Gasteiger partial charge on any atom is 0.242 e. The van der Waals surface area contributed by atoms with E-state index in [9.17, 15) is 24.0 Å². The molecule has 0 bridgehead atoms. The van der Waals surface area contributed by atoms with E-state index in [0.717, 1.165) is 0 Å². The van der Waals surface area contributed by atoms with Crippen LogP contribution in [-0.2, 0) is 35.3 Å². The van der Waals surface area contributed by atoms with Crippen molar-refractivity contribution >= 4 is 29.5 Å². The largest absolute Gasteiger partial charge is 0.467 e. The Balaban J connectivity index is 3.10. The molecule has 3 N–H and O–H groups in total. The number of nitrogens with one attached hydrogen (secondary N) is 1. The third-order valence-electron chi connectivity index (χ3n) is 6.22. The fourth-order valence-electron chi connectivity index (χ4n) is 4.04. The Labute approximate surface area is 254 Å². The highest BCUT2D eigenvalue weighted by Crippen LogP contribution is 2.09. The lowest BCUT2D eigenvalue weighted by atomic mass is 10.2. The van der Waals surface area contributed by atoms with Crippen LogP contribution in [0.25, 0.3) is 0 Å². The molecule has 0 aliphatic heterocycles. The molecular formula is C30H48N6O7. The number of nitrogens with zero attached hydrogens (tertiary/aromatic N) is 4. The Bertz CT molecular complexity index is 1040. The van der Waals surface area contributed by atoms with E-state index in [1.54, 1.807) is 24.3 Å². The number of methoxy groups -OCH3 is 1. The van der Waals surface area contributed by atoms with E-state index in [-0.39, 0.29) is 77.3 Å². The van der Waals surface area contributed by atoms with Gasteiger partial charge in [-0.05, 0) is 37.4 Å². The molecule has 1 aromatic rings. The first kappa shape index (κ1) is 37.1. The van der Waals surface area contributed by atoms with Crippen molar-refractivity contribution in [1.29, 1.82) is 0 Å². The van der Waals surface area contributed by atoms with Gasteiger partial charge in [-0.1, -0.05) is 26.0 Å². The van der Waals surface area contributed by atoms with Crippen molar-refractivity contribution in [3.8, 4) is 0 Å². The van der Waals surface area contributed by atoms with E-state index in [2.05, 4.69) is 18.5 Å². The number of primary amides is 1. The van der Waals surface area contributed by atoms with Gasteiger partial charge in [0.15, 0.2) is 0 Å². The zero-order valence-electron chi connectivity index (χ0n) is 25.8. The standard InChI is InChI=1S/C30H48N6O7/c1-6-8-12-32-17-27(38)36(19-25-11-10-15-43-25)23-30(41)35(18-24(3)4)22-29(40)34(14-16-42-5)21-28(39)33(13-9-7-2)20-26(31)37/h6-7,10-11,15,24,32H,1-2,8-9,12-14,16-23H2,3-5H3,(H2,31,37). The average molecular weight is 605 g/mol. The minimum atomic E-state index is -0.676. The number of carbonyl (C=O) groups is 5. The normalized spacial score (nSPS) is 10.7. The van der Waals surface area contributed by atoms with Crippen molar-refractivity contribution in [2.75, 3.05) is 72.6 Å². The quantitative estimate of drug-likeness (QED) is 0.136. The van der Waals surface area contributed by atoms with Gasteiger partial charge in [-0.15, -0.1) is 13.2 Å². The number of carbonyl (C=O) groups excluding carboxylic acids is 5. The number of furan rings is 1. The third-order valence-corrected chi connectivity index (χ3v) is 6.22. The Hall–Kier alpha value is -3.97. The third kappa shape index (κ3) is 15.2. The second-order valence-electron chi connectivity index (χ2n) is 10.4. The molecule has 13 nitrogen and oxygen atoms in total. The Morgan fingerprint density at radius 1 is 0.907 bits per heavy atom. The van der Waals surface area contributed by atoms with Crippen LogP contribution >= 0.6 is 0 Å². The molecule has 0 saturated heterocycles. The van der Waals surface area contributed by atoms with Crippen LogP contribution in [0.3, 0.4) is 0 Å². The maximum absolute atomic E-state index is 13.6. The van der Waals surface area contributed by atoms with Crippen LogP contribution in [0.5, 0.6) is 0 Å². The molecule has 240 valence electrons. The topological polar surface area (TPSA) is 159 Å². The van der Waals surface area contributed by atoms with E-state index >= 15 is 0 Å². The highest BCUT2D eigenvalue weighted by atomic mass is 16.5. The molecule has 1 aromatic heterocycles. The monoisotopic (exact) mass is 604 g/mol. The van der Waals surface area contributed by atoms with E-state index in [1.165, 1.54) is 33.0 Å². The lowest BCUT2D eigenvalue weighted by Crippen LogP contribution is -2.52. The van der Waals surface area contributed by atoms with Crippen LogP contribution < -0.4 is 11.1 Å². The van der Waals surface area contributed by atoms with E-state index in [1.807, 2.05) is 13.8 Å². The van der Waals surface area contributed by atoms with Gasteiger partial charge in [0.2, 0.25) is 29.5 Å². The molecule has 0 radical (unpaired) electrons. The lowest BCUT2D eigenvalue weighted by Gasteiger charge is -2.31. The molecule has 13 heteroatoms. The second kappa shape index (κ2) is 20.8. The van der Waals surface area contributed by atoms with Gasteiger partial charge in [0.1, 0.15) is 12.3 Å². The number of ether oxygens (including phenoxy) is 1. The van der Waals surface area contributed by atoms with Crippen LogP contribution in [-0.4, -0.2) is 122 Å². The van der Waals surface area contributed by atoms with Crippen LogP contribution in [0, 0.1) is 5.92 Å². The van der Waals surface area contributed by atoms with E-state index in [0.29, 0.717) is 25.1 Å².